The Balaban J connectivity index is 1.33. The summed E-state index contributed by atoms with van der Waals surface area (Å²) in [6.45, 7) is 2.99. The van der Waals surface area contributed by atoms with E-state index in [4.69, 9.17) is 23.2 Å². The largest absolute Gasteiger partial charge is 0.408 e. The highest BCUT2D eigenvalue weighted by atomic mass is 35.5. The first-order chi connectivity index (χ1) is 15.8. The van der Waals surface area contributed by atoms with E-state index in [0.29, 0.717) is 55.4 Å². The summed E-state index contributed by atoms with van der Waals surface area (Å²) in [6.07, 6.45) is 1.40. The third-order valence-corrected chi connectivity index (χ3v) is 6.14. The molecule has 0 radical (unpaired) electrons. The van der Waals surface area contributed by atoms with E-state index in [1.807, 2.05) is 0 Å². The van der Waals surface area contributed by atoms with Gasteiger partial charge in [0.2, 0.25) is 0 Å². The molecule has 1 aliphatic rings. The lowest BCUT2D eigenvalue weighted by molar-refractivity contribution is -0.389. The average Bonchev–Trinajstić information content (AvgIpc) is 3.17. The number of nitrogens with zero attached hydrogens (tertiary/aromatic N) is 5. The van der Waals surface area contributed by atoms with Crippen LogP contribution in [0.25, 0.3) is 0 Å². The van der Waals surface area contributed by atoms with Crippen molar-refractivity contribution in [1.82, 2.24) is 19.6 Å². The third-order valence-electron chi connectivity index (χ3n) is 5.52. The zero-order valence-corrected chi connectivity index (χ0v) is 19.0. The number of halogens is 3. The predicted octanol–water partition coefficient (Wildman–Crippen LogP) is 4.24. The Hall–Kier alpha value is -3.01. The molecule has 2 heterocycles. The number of hydrogen-bond acceptors (Lipinski definition) is 5. The molecule has 1 fully saturated rings. The fourth-order valence-corrected chi connectivity index (χ4v) is 4.17. The van der Waals surface area contributed by atoms with Gasteiger partial charge >= 0.3 is 5.82 Å². The second-order valence-corrected chi connectivity index (χ2v) is 8.54. The summed E-state index contributed by atoms with van der Waals surface area (Å²) in [7, 11) is 0. The number of carbonyl (C=O) groups excluding carboxylic acids is 1. The molecule has 2 aromatic carbocycles. The second kappa shape index (κ2) is 9.86. The third kappa shape index (κ3) is 5.32. The number of amides is 1. The molecule has 0 spiro atoms. The van der Waals surface area contributed by atoms with Crippen LogP contribution in [-0.2, 0) is 13.1 Å². The summed E-state index contributed by atoms with van der Waals surface area (Å²) in [6, 6.07) is 11.7. The maximum atomic E-state index is 14.0. The van der Waals surface area contributed by atoms with Crippen molar-refractivity contribution < 1.29 is 14.1 Å². The van der Waals surface area contributed by atoms with Crippen molar-refractivity contribution in [3.05, 3.63) is 91.3 Å². The predicted molar refractivity (Wildman–Crippen MR) is 122 cm³/mol. The molecule has 1 amide bonds. The number of carbonyl (C=O) groups is 1. The average molecular weight is 492 g/mol. The first-order valence-electron chi connectivity index (χ1n) is 10.2. The van der Waals surface area contributed by atoms with Crippen molar-refractivity contribution in [1.29, 1.82) is 0 Å². The summed E-state index contributed by atoms with van der Waals surface area (Å²) >= 11 is 11.9. The molecule has 1 saturated heterocycles. The van der Waals surface area contributed by atoms with Crippen LogP contribution in [0.5, 0.6) is 0 Å². The Morgan fingerprint density at radius 1 is 1.03 bits per heavy atom. The Labute approximate surface area is 199 Å². The van der Waals surface area contributed by atoms with E-state index < -0.39 is 4.92 Å². The summed E-state index contributed by atoms with van der Waals surface area (Å²) in [5, 5.41) is 15.1. The van der Waals surface area contributed by atoms with Crippen LogP contribution in [0.3, 0.4) is 0 Å². The smallest absolute Gasteiger partial charge is 0.358 e. The van der Waals surface area contributed by atoms with Crippen LogP contribution in [0.1, 0.15) is 21.5 Å². The first-order valence-corrected chi connectivity index (χ1v) is 11.0. The molecule has 4 rings (SSSR count). The SMILES string of the molecule is O=C(c1ccc(Cn2cc(Cl)c([N+](=O)[O-])n2)cc1)N1CCN(Cc2c(F)cccc2Cl)CC1. The number of nitro groups is 1. The molecule has 172 valence electrons. The van der Waals surface area contributed by atoms with Crippen molar-refractivity contribution in [3.8, 4) is 0 Å². The molecule has 8 nitrogen and oxygen atoms in total. The van der Waals surface area contributed by atoms with Gasteiger partial charge in [-0.05, 0) is 34.8 Å². The summed E-state index contributed by atoms with van der Waals surface area (Å²) in [4.78, 5) is 27.0. The first kappa shape index (κ1) is 23.2. The van der Waals surface area contributed by atoms with E-state index in [1.165, 1.54) is 16.9 Å². The Morgan fingerprint density at radius 2 is 1.73 bits per heavy atom. The van der Waals surface area contributed by atoms with E-state index in [2.05, 4.69) is 10.00 Å². The Bertz CT molecular complexity index is 1160. The van der Waals surface area contributed by atoms with Crippen LogP contribution in [0.4, 0.5) is 10.2 Å². The summed E-state index contributed by atoms with van der Waals surface area (Å²) < 4.78 is 15.4. The lowest BCUT2D eigenvalue weighted by Crippen LogP contribution is -2.48. The van der Waals surface area contributed by atoms with Crippen LogP contribution in [0, 0.1) is 15.9 Å². The fourth-order valence-electron chi connectivity index (χ4n) is 3.73. The second-order valence-electron chi connectivity index (χ2n) is 7.72. The highest BCUT2D eigenvalue weighted by Gasteiger charge is 2.24. The Morgan fingerprint density at radius 3 is 2.33 bits per heavy atom. The van der Waals surface area contributed by atoms with Crippen LogP contribution >= 0.6 is 23.2 Å². The quantitative estimate of drug-likeness (QED) is 0.380. The number of piperazine rings is 1. The van der Waals surface area contributed by atoms with Gasteiger partial charge in [-0.1, -0.05) is 41.4 Å². The minimum atomic E-state index is -0.634. The number of aromatic nitrogens is 2. The van der Waals surface area contributed by atoms with Gasteiger partial charge in [-0.15, -0.1) is 0 Å². The van der Waals surface area contributed by atoms with Gasteiger partial charge in [-0.2, -0.15) is 4.68 Å². The molecular formula is C22H20Cl2FN5O3. The van der Waals surface area contributed by atoms with Gasteiger partial charge in [0.25, 0.3) is 5.91 Å². The molecule has 11 heteroatoms. The van der Waals surface area contributed by atoms with E-state index >= 15 is 0 Å². The van der Waals surface area contributed by atoms with Gasteiger partial charge in [0.15, 0.2) is 5.02 Å². The minimum absolute atomic E-state index is 0.0248. The lowest BCUT2D eigenvalue weighted by Gasteiger charge is -2.35. The lowest BCUT2D eigenvalue weighted by atomic mass is 10.1. The van der Waals surface area contributed by atoms with Gasteiger partial charge in [0.1, 0.15) is 5.82 Å². The Kier molecular flexibility index (Phi) is 6.92. The van der Waals surface area contributed by atoms with E-state index in [9.17, 15) is 19.3 Å². The van der Waals surface area contributed by atoms with E-state index in [1.54, 1.807) is 41.3 Å². The van der Waals surface area contributed by atoms with Gasteiger partial charge < -0.3 is 15.0 Å². The number of rotatable bonds is 6. The topological polar surface area (TPSA) is 84.5 Å². The van der Waals surface area contributed by atoms with Gasteiger partial charge in [0, 0.05) is 48.9 Å². The highest BCUT2D eigenvalue weighted by molar-refractivity contribution is 6.32. The summed E-state index contributed by atoms with van der Waals surface area (Å²) in [5.74, 6) is -0.795. The molecule has 0 bridgehead atoms. The van der Waals surface area contributed by atoms with E-state index in [0.717, 1.165) is 5.56 Å². The maximum Gasteiger partial charge on any atom is 0.408 e. The van der Waals surface area contributed by atoms with Crippen molar-refractivity contribution in [2.24, 2.45) is 0 Å². The van der Waals surface area contributed by atoms with Crippen molar-refractivity contribution in [3.63, 3.8) is 0 Å². The van der Waals surface area contributed by atoms with Crippen molar-refractivity contribution in [2.75, 3.05) is 26.2 Å². The standard InChI is InChI=1S/C22H20Cl2FN5O3/c23-18-2-1-3-20(25)17(18)13-27-8-10-28(11-9-27)22(31)16-6-4-15(5-7-16)12-29-14-19(24)21(26-29)30(32)33/h1-7,14H,8-13H2. The molecule has 0 atom stereocenters. The molecule has 0 unspecified atom stereocenters. The van der Waals surface area contributed by atoms with Crippen molar-refractivity contribution >= 4 is 34.9 Å². The van der Waals surface area contributed by atoms with Gasteiger partial charge in [0.05, 0.1) is 17.8 Å². The molecule has 1 aromatic heterocycles. The maximum absolute atomic E-state index is 14.0. The zero-order chi connectivity index (χ0) is 23.5. The van der Waals surface area contributed by atoms with Gasteiger partial charge in [-0.25, -0.2) is 4.39 Å². The monoisotopic (exact) mass is 491 g/mol. The fraction of sp³-hybridized carbons (Fsp3) is 0.273. The highest BCUT2D eigenvalue weighted by Crippen LogP contribution is 2.23. The molecule has 0 aliphatic carbocycles. The summed E-state index contributed by atoms with van der Waals surface area (Å²) in [5.41, 5.74) is 1.85. The molecular weight excluding hydrogens is 472 g/mol. The van der Waals surface area contributed by atoms with Crippen LogP contribution in [-0.4, -0.2) is 56.6 Å². The minimum Gasteiger partial charge on any atom is -0.358 e. The van der Waals surface area contributed by atoms with Crippen LogP contribution < -0.4 is 0 Å². The van der Waals surface area contributed by atoms with Gasteiger partial charge in [-0.3, -0.25) is 9.69 Å². The normalized spacial score (nSPS) is 14.5. The number of hydrogen-bond donors (Lipinski definition) is 0. The van der Waals surface area contributed by atoms with Crippen LogP contribution in [0.15, 0.2) is 48.7 Å². The molecule has 1 aliphatic heterocycles. The number of benzene rings is 2. The zero-order valence-electron chi connectivity index (χ0n) is 17.5. The molecule has 33 heavy (non-hydrogen) atoms. The van der Waals surface area contributed by atoms with Crippen molar-refractivity contribution in [2.45, 2.75) is 13.1 Å². The van der Waals surface area contributed by atoms with Crippen LogP contribution in [0.2, 0.25) is 10.0 Å². The molecule has 3 aromatic rings. The molecule has 0 saturated carbocycles. The molecule has 0 N–H and O–H groups in total. The van der Waals surface area contributed by atoms with E-state index in [-0.39, 0.29) is 22.6 Å².